The maximum Gasteiger partial charge on any atom is 0.191 e. The Balaban J connectivity index is 1.36. The van der Waals surface area contributed by atoms with Gasteiger partial charge in [0.05, 0.1) is 26.0 Å². The van der Waals surface area contributed by atoms with Crippen LogP contribution in [-0.4, -0.2) is 63.3 Å². The van der Waals surface area contributed by atoms with Gasteiger partial charge in [-0.25, -0.2) is 8.78 Å². The molecule has 168 valence electrons. The molecule has 2 fully saturated rings. The van der Waals surface area contributed by atoms with Crippen molar-refractivity contribution in [1.82, 2.24) is 15.5 Å². The van der Waals surface area contributed by atoms with Crippen LogP contribution in [0.5, 0.6) is 0 Å². The number of nitrogens with zero attached hydrogens (tertiary/aromatic N) is 2. The van der Waals surface area contributed by atoms with Crippen LogP contribution < -0.4 is 10.6 Å². The van der Waals surface area contributed by atoms with Crippen LogP contribution >= 0.6 is 0 Å². The third kappa shape index (κ3) is 6.04. The van der Waals surface area contributed by atoms with E-state index >= 15 is 0 Å². The number of aliphatic imine (C=N–C) groups is 1. The van der Waals surface area contributed by atoms with Crippen LogP contribution in [0.25, 0.3) is 0 Å². The quantitative estimate of drug-likeness (QED) is 0.471. The molecule has 1 saturated carbocycles. The van der Waals surface area contributed by atoms with Crippen LogP contribution in [0.2, 0.25) is 0 Å². The minimum atomic E-state index is -0.550. The van der Waals surface area contributed by atoms with Crippen molar-refractivity contribution in [2.45, 2.75) is 24.7 Å². The summed E-state index contributed by atoms with van der Waals surface area (Å²) in [4.78, 5) is 7.11. The maximum absolute atomic E-state index is 14.3. The Morgan fingerprint density at radius 1 is 1.10 bits per heavy atom. The lowest BCUT2D eigenvalue weighted by Gasteiger charge is -2.26. The Labute approximate surface area is 181 Å². The Morgan fingerprint density at radius 3 is 2.61 bits per heavy atom. The first-order valence-corrected chi connectivity index (χ1v) is 10.9. The summed E-state index contributed by atoms with van der Waals surface area (Å²) in [6.45, 7) is 6.21. The van der Waals surface area contributed by atoms with Crippen LogP contribution in [0.4, 0.5) is 8.78 Å². The van der Waals surface area contributed by atoms with Crippen molar-refractivity contribution in [3.8, 4) is 0 Å². The topological polar surface area (TPSA) is 62.0 Å². The molecule has 1 aliphatic carbocycles. The number of guanidine groups is 1. The van der Waals surface area contributed by atoms with Gasteiger partial charge in [-0.3, -0.25) is 9.89 Å². The van der Waals surface area contributed by atoms with Crippen molar-refractivity contribution in [1.29, 1.82) is 0 Å². The minimum absolute atomic E-state index is 0.336. The Bertz CT molecular complexity index is 862. The largest absolute Gasteiger partial charge is 0.469 e. The molecule has 0 radical (unpaired) electrons. The molecule has 2 N–H and O–H groups in total. The molecule has 0 unspecified atom stereocenters. The zero-order valence-corrected chi connectivity index (χ0v) is 17.7. The van der Waals surface area contributed by atoms with Gasteiger partial charge in [0.15, 0.2) is 5.96 Å². The first-order chi connectivity index (χ1) is 15.1. The molecule has 0 amide bonds. The SMILES string of the molecule is Fc1ccc(C2(CN=C(NCCc3ccco3)NCCN3CCOCC3)CC2)c(F)c1. The fourth-order valence-corrected chi connectivity index (χ4v) is 3.90. The van der Waals surface area contributed by atoms with Crippen molar-refractivity contribution >= 4 is 5.96 Å². The summed E-state index contributed by atoms with van der Waals surface area (Å²) < 4.78 is 38.4. The van der Waals surface area contributed by atoms with Crippen molar-refractivity contribution in [2.24, 2.45) is 4.99 Å². The second-order valence-electron chi connectivity index (χ2n) is 8.21. The average molecular weight is 433 g/mol. The summed E-state index contributed by atoms with van der Waals surface area (Å²) in [5.41, 5.74) is 0.221. The molecule has 1 aliphatic heterocycles. The standard InChI is InChI=1S/C23H30F2N4O2/c24-18-3-4-20(21(25)16-18)23(6-7-23)17-28-22(26-8-5-19-2-1-13-31-19)27-9-10-29-11-14-30-15-12-29/h1-4,13,16H,5-12,14-15,17H2,(H2,26,27,28). The predicted octanol–water partition coefficient (Wildman–Crippen LogP) is 2.70. The van der Waals surface area contributed by atoms with E-state index in [4.69, 9.17) is 14.1 Å². The van der Waals surface area contributed by atoms with Gasteiger partial charge in [0.25, 0.3) is 0 Å². The molecule has 2 heterocycles. The lowest BCUT2D eigenvalue weighted by molar-refractivity contribution is 0.0389. The predicted molar refractivity (Wildman–Crippen MR) is 115 cm³/mol. The summed E-state index contributed by atoms with van der Waals surface area (Å²) in [5.74, 6) is 0.576. The fourth-order valence-electron chi connectivity index (χ4n) is 3.90. The summed E-state index contributed by atoms with van der Waals surface area (Å²) in [6.07, 6.45) is 4.12. The molecule has 6 nitrogen and oxygen atoms in total. The Hall–Kier alpha value is -2.45. The van der Waals surface area contributed by atoms with Gasteiger partial charge in [-0.05, 0) is 36.6 Å². The van der Waals surface area contributed by atoms with Crippen molar-refractivity contribution in [2.75, 3.05) is 52.5 Å². The number of furan rings is 1. The maximum atomic E-state index is 14.3. The Kier molecular flexibility index (Phi) is 7.19. The smallest absolute Gasteiger partial charge is 0.191 e. The highest BCUT2D eigenvalue weighted by Gasteiger charge is 2.46. The number of halogens is 2. The van der Waals surface area contributed by atoms with Gasteiger partial charge in [-0.1, -0.05) is 6.07 Å². The normalized spacial score (nSPS) is 18.7. The number of nitrogens with one attached hydrogen (secondary N) is 2. The highest BCUT2D eigenvalue weighted by molar-refractivity contribution is 5.79. The van der Waals surface area contributed by atoms with E-state index in [0.29, 0.717) is 24.6 Å². The van der Waals surface area contributed by atoms with Crippen LogP contribution in [0.1, 0.15) is 24.2 Å². The highest BCUT2D eigenvalue weighted by Crippen LogP contribution is 2.49. The molecule has 0 atom stereocenters. The molecule has 2 aliphatic rings. The first kappa shape index (κ1) is 21.8. The molecule has 1 aromatic heterocycles. The summed E-state index contributed by atoms with van der Waals surface area (Å²) in [6, 6.07) is 7.66. The van der Waals surface area contributed by atoms with Gasteiger partial charge in [-0.15, -0.1) is 0 Å². The number of ether oxygens (including phenoxy) is 1. The molecule has 31 heavy (non-hydrogen) atoms. The van der Waals surface area contributed by atoms with Crippen molar-refractivity contribution in [3.63, 3.8) is 0 Å². The zero-order valence-electron chi connectivity index (χ0n) is 17.7. The van der Waals surface area contributed by atoms with Crippen molar-refractivity contribution < 1.29 is 17.9 Å². The number of hydrogen-bond acceptors (Lipinski definition) is 4. The number of morpholine rings is 1. The van der Waals surface area contributed by atoms with E-state index in [1.54, 1.807) is 12.3 Å². The molecule has 8 heteroatoms. The Morgan fingerprint density at radius 2 is 1.90 bits per heavy atom. The van der Waals surface area contributed by atoms with Gasteiger partial charge in [0.2, 0.25) is 0 Å². The third-order valence-corrected chi connectivity index (χ3v) is 5.96. The fraction of sp³-hybridized carbons (Fsp3) is 0.522. The number of hydrogen-bond donors (Lipinski definition) is 2. The van der Waals surface area contributed by atoms with Crippen LogP contribution in [0, 0.1) is 11.6 Å². The summed E-state index contributed by atoms with van der Waals surface area (Å²) >= 11 is 0. The molecular weight excluding hydrogens is 402 g/mol. The molecule has 4 rings (SSSR count). The van der Waals surface area contributed by atoms with Crippen LogP contribution in [-0.2, 0) is 16.6 Å². The van der Waals surface area contributed by atoms with E-state index in [9.17, 15) is 8.78 Å². The van der Waals surface area contributed by atoms with E-state index in [1.807, 2.05) is 12.1 Å². The second kappa shape index (κ2) is 10.2. The minimum Gasteiger partial charge on any atom is -0.469 e. The van der Waals surface area contributed by atoms with E-state index in [0.717, 1.165) is 70.5 Å². The molecule has 1 saturated heterocycles. The van der Waals surface area contributed by atoms with E-state index in [2.05, 4.69) is 15.5 Å². The summed E-state index contributed by atoms with van der Waals surface area (Å²) in [7, 11) is 0. The second-order valence-corrected chi connectivity index (χ2v) is 8.21. The molecule has 2 aromatic rings. The van der Waals surface area contributed by atoms with E-state index in [-0.39, 0.29) is 5.41 Å². The van der Waals surface area contributed by atoms with Crippen LogP contribution in [0.3, 0.4) is 0 Å². The number of rotatable bonds is 9. The van der Waals surface area contributed by atoms with Gasteiger partial charge in [-0.2, -0.15) is 0 Å². The molecular formula is C23H30F2N4O2. The lowest BCUT2D eigenvalue weighted by Crippen LogP contribution is -2.45. The van der Waals surface area contributed by atoms with Crippen molar-refractivity contribution in [3.05, 3.63) is 59.6 Å². The average Bonchev–Trinajstić information content (AvgIpc) is 3.37. The lowest BCUT2D eigenvalue weighted by atomic mass is 9.95. The van der Waals surface area contributed by atoms with Gasteiger partial charge < -0.3 is 19.8 Å². The molecule has 1 aromatic carbocycles. The zero-order chi connectivity index (χ0) is 21.5. The monoisotopic (exact) mass is 432 g/mol. The van der Waals surface area contributed by atoms with Gasteiger partial charge >= 0.3 is 0 Å². The highest BCUT2D eigenvalue weighted by atomic mass is 19.1. The third-order valence-electron chi connectivity index (χ3n) is 5.96. The van der Waals surface area contributed by atoms with Crippen LogP contribution in [0.15, 0.2) is 46.0 Å². The van der Waals surface area contributed by atoms with E-state index in [1.165, 1.54) is 6.07 Å². The molecule has 0 spiro atoms. The van der Waals surface area contributed by atoms with Gasteiger partial charge in [0, 0.05) is 50.6 Å². The first-order valence-electron chi connectivity index (χ1n) is 10.9. The molecule has 0 bridgehead atoms. The summed E-state index contributed by atoms with van der Waals surface area (Å²) in [5, 5.41) is 6.75. The van der Waals surface area contributed by atoms with E-state index < -0.39 is 11.6 Å². The number of benzene rings is 1. The van der Waals surface area contributed by atoms with Gasteiger partial charge in [0.1, 0.15) is 17.4 Å².